The number of nitrogens with zero attached hydrogens (tertiary/aromatic N) is 1. The second kappa shape index (κ2) is 56.7. The largest absolute Gasteiger partial charge is 0.472 e. The van der Waals surface area contributed by atoms with E-state index in [0.717, 1.165) is 64.2 Å². The van der Waals surface area contributed by atoms with Crippen molar-refractivity contribution in [2.24, 2.45) is 0 Å². The van der Waals surface area contributed by atoms with Crippen LogP contribution in [0.4, 0.5) is 0 Å². The Kier molecular flexibility index (Phi) is 54.8. The monoisotopic (exact) mass is 1100 g/mol. The number of esters is 1. The van der Waals surface area contributed by atoms with Crippen molar-refractivity contribution in [2.45, 2.75) is 303 Å². The van der Waals surface area contributed by atoms with Gasteiger partial charge in [-0.25, -0.2) is 4.57 Å². The molecule has 0 saturated carbocycles. The first-order valence-electron chi connectivity index (χ1n) is 32.3. The quantitative estimate of drug-likeness (QED) is 0.0205. The van der Waals surface area contributed by atoms with Crippen molar-refractivity contribution in [2.75, 3.05) is 40.9 Å². The van der Waals surface area contributed by atoms with Crippen molar-refractivity contribution in [1.82, 2.24) is 5.32 Å². The van der Waals surface area contributed by atoms with Crippen LogP contribution >= 0.6 is 7.82 Å². The Balaban J connectivity index is 5.17. The summed E-state index contributed by atoms with van der Waals surface area (Å²) in [6, 6.07) is -0.873. The number of hydrogen-bond donors (Lipinski definition) is 2. The summed E-state index contributed by atoms with van der Waals surface area (Å²) < 4.78 is 30.6. The zero-order valence-corrected chi connectivity index (χ0v) is 52.1. The first-order valence-corrected chi connectivity index (χ1v) is 33.8. The lowest BCUT2D eigenvalue weighted by atomic mass is 10.0. The van der Waals surface area contributed by atoms with Crippen LogP contribution in [-0.4, -0.2) is 74.3 Å². The van der Waals surface area contributed by atoms with Gasteiger partial charge >= 0.3 is 13.8 Å². The van der Waals surface area contributed by atoms with Crippen LogP contribution in [0.3, 0.4) is 0 Å². The lowest BCUT2D eigenvalue weighted by Gasteiger charge is -2.27. The van der Waals surface area contributed by atoms with Crippen molar-refractivity contribution in [1.29, 1.82) is 0 Å². The number of carbonyl (C=O) groups excluding carboxylic acids is 2. The molecule has 0 aromatic heterocycles. The van der Waals surface area contributed by atoms with Crippen LogP contribution in [0.1, 0.15) is 290 Å². The van der Waals surface area contributed by atoms with Gasteiger partial charge in [-0.3, -0.25) is 18.6 Å². The molecule has 9 nitrogen and oxygen atoms in total. The molecule has 0 radical (unpaired) electrons. The minimum absolute atomic E-state index is 0.0309. The number of amides is 1. The van der Waals surface area contributed by atoms with E-state index in [0.29, 0.717) is 23.9 Å². The van der Waals surface area contributed by atoms with E-state index < -0.39 is 25.9 Å². The molecule has 0 rings (SSSR count). The third-order valence-electron chi connectivity index (χ3n) is 14.1. The van der Waals surface area contributed by atoms with Crippen molar-refractivity contribution < 1.29 is 37.3 Å². The van der Waals surface area contributed by atoms with Gasteiger partial charge in [0.05, 0.1) is 33.8 Å². The van der Waals surface area contributed by atoms with E-state index >= 15 is 0 Å². The van der Waals surface area contributed by atoms with E-state index in [1.54, 1.807) is 0 Å². The first kappa shape index (κ1) is 74.5. The molecule has 0 bridgehead atoms. The predicted octanol–water partition coefficient (Wildman–Crippen LogP) is 20.0. The molecule has 448 valence electrons. The van der Waals surface area contributed by atoms with Gasteiger partial charge in [0.25, 0.3) is 0 Å². The number of likely N-dealkylation sites (N-methyl/N-ethyl adjacent to an activating group) is 1. The molecule has 3 atom stereocenters. The van der Waals surface area contributed by atoms with Crippen LogP contribution in [0.2, 0.25) is 0 Å². The Bertz CT molecular complexity index is 1550. The van der Waals surface area contributed by atoms with Crippen molar-refractivity contribution in [3.8, 4) is 0 Å². The number of phosphoric ester groups is 1. The van der Waals surface area contributed by atoms with Gasteiger partial charge in [0, 0.05) is 12.8 Å². The van der Waals surface area contributed by atoms with Gasteiger partial charge in [0.15, 0.2) is 0 Å². The maximum Gasteiger partial charge on any atom is 0.472 e. The highest BCUT2D eigenvalue weighted by atomic mass is 31.2. The van der Waals surface area contributed by atoms with E-state index in [1.807, 2.05) is 39.4 Å². The van der Waals surface area contributed by atoms with Crippen molar-refractivity contribution >= 4 is 19.7 Å². The summed E-state index contributed by atoms with van der Waals surface area (Å²) in [5.41, 5.74) is 0. The van der Waals surface area contributed by atoms with Crippen LogP contribution < -0.4 is 5.32 Å². The minimum atomic E-state index is -4.46. The smallest absolute Gasteiger partial charge is 0.456 e. The standard InChI is InChI=1S/C67H123N2O7P/c1-7-10-13-16-19-22-25-28-29-30-31-32-33-34-35-36-37-38-39-42-44-47-50-53-56-59-66(70)68-64(63-75-77(72,73)74-62-61-69(4,5)6)65(58-55-52-49-46-43-40-26-23-20-17-14-11-8-2)76-67(71)60-57-54-51-48-45-41-27-24-21-18-15-12-9-3/h19,22,28-29,31-32,41,45,51,54-55,58,64-65H,7-18,20-21,23-27,30,33-40,42-44,46-50,52-53,56-57,59-63H2,1-6H3,(H-,68,70,72,73)/p+1/b22-19-,29-28-,32-31-,45-41-,54-51+,58-55-. The molecule has 10 heteroatoms. The van der Waals surface area contributed by atoms with E-state index in [-0.39, 0.29) is 25.5 Å². The van der Waals surface area contributed by atoms with E-state index in [2.05, 4.69) is 80.8 Å². The molecule has 0 spiro atoms. The molecule has 0 saturated heterocycles. The Labute approximate surface area is 476 Å². The summed E-state index contributed by atoms with van der Waals surface area (Å²) in [5.74, 6) is -0.581. The lowest BCUT2D eigenvalue weighted by molar-refractivity contribution is -0.870. The molecule has 0 aromatic carbocycles. The number of carbonyl (C=O) groups is 2. The fourth-order valence-corrected chi connectivity index (χ4v) is 9.85. The number of hydrogen-bond acceptors (Lipinski definition) is 6. The number of allylic oxidation sites excluding steroid dienone is 11. The number of ether oxygens (including phenoxy) is 1. The number of rotatable bonds is 58. The summed E-state index contributed by atoms with van der Waals surface area (Å²) in [4.78, 5) is 37.7. The number of phosphoric acid groups is 1. The summed E-state index contributed by atoms with van der Waals surface area (Å²) in [6.07, 6.45) is 73.5. The number of quaternary nitrogens is 1. The van der Waals surface area contributed by atoms with Gasteiger partial charge in [-0.1, -0.05) is 261 Å². The Morgan fingerprint density at radius 3 is 1.23 bits per heavy atom. The van der Waals surface area contributed by atoms with E-state index in [1.165, 1.54) is 186 Å². The fraction of sp³-hybridized carbons (Fsp3) is 0.791. The zero-order chi connectivity index (χ0) is 56.4. The van der Waals surface area contributed by atoms with Crippen LogP contribution in [0, 0.1) is 0 Å². The van der Waals surface area contributed by atoms with Gasteiger partial charge < -0.3 is 19.4 Å². The second-order valence-corrected chi connectivity index (χ2v) is 24.4. The molecule has 77 heavy (non-hydrogen) atoms. The van der Waals surface area contributed by atoms with Gasteiger partial charge in [-0.2, -0.15) is 0 Å². The Hall–Kier alpha value is -2.55. The topological polar surface area (TPSA) is 111 Å². The van der Waals surface area contributed by atoms with E-state index in [9.17, 15) is 19.0 Å². The highest BCUT2D eigenvalue weighted by molar-refractivity contribution is 7.47. The minimum Gasteiger partial charge on any atom is -0.456 e. The maximum atomic E-state index is 13.6. The van der Waals surface area contributed by atoms with Gasteiger partial charge in [-0.15, -0.1) is 0 Å². The highest BCUT2D eigenvalue weighted by Gasteiger charge is 2.30. The normalized spacial score (nSPS) is 14.1. The second-order valence-electron chi connectivity index (χ2n) is 22.9. The molecular weight excluding hydrogens is 976 g/mol. The lowest BCUT2D eigenvalue weighted by Crippen LogP contribution is -2.47. The van der Waals surface area contributed by atoms with E-state index in [4.69, 9.17) is 13.8 Å². The molecule has 0 heterocycles. The molecule has 2 N–H and O–H groups in total. The SMILES string of the molecule is CCCCC/C=C\C/C=C\C/C=C\CCCCCCCCCCCCCCC(=O)NC(COP(=O)(O)OCC[N+](C)(C)C)C(/C=C\CCCCCCCCCCCCC)OC(=O)CC/C=C/C/C=C\CCCCCCCC. The predicted molar refractivity (Wildman–Crippen MR) is 332 cm³/mol. The average Bonchev–Trinajstić information content (AvgIpc) is 3.39. The third kappa shape index (κ3) is 57.9. The van der Waals surface area contributed by atoms with Crippen LogP contribution in [0.15, 0.2) is 72.9 Å². The molecule has 0 aliphatic carbocycles. The van der Waals surface area contributed by atoms with Gasteiger partial charge in [-0.05, 0) is 89.5 Å². The number of nitrogens with one attached hydrogen (secondary N) is 1. The fourth-order valence-electron chi connectivity index (χ4n) is 9.12. The van der Waals surface area contributed by atoms with Crippen molar-refractivity contribution in [3.63, 3.8) is 0 Å². The molecule has 3 unspecified atom stereocenters. The molecule has 0 aliphatic rings. The highest BCUT2D eigenvalue weighted by Crippen LogP contribution is 2.43. The molecule has 0 aliphatic heterocycles. The summed E-state index contributed by atoms with van der Waals surface area (Å²) >= 11 is 0. The van der Waals surface area contributed by atoms with Crippen LogP contribution in [-0.2, 0) is 27.9 Å². The van der Waals surface area contributed by atoms with Crippen molar-refractivity contribution in [3.05, 3.63) is 72.9 Å². The molecule has 1 amide bonds. The van der Waals surface area contributed by atoms with Gasteiger partial charge in [0.2, 0.25) is 5.91 Å². The van der Waals surface area contributed by atoms with Crippen LogP contribution in [0.25, 0.3) is 0 Å². The van der Waals surface area contributed by atoms with Crippen LogP contribution in [0.5, 0.6) is 0 Å². The number of unbranched alkanes of at least 4 members (excludes halogenated alkanes) is 32. The summed E-state index contributed by atoms with van der Waals surface area (Å²) in [7, 11) is 1.47. The molecular formula is C67H124N2O7P+. The Morgan fingerprint density at radius 1 is 0.455 bits per heavy atom. The Morgan fingerprint density at radius 2 is 0.805 bits per heavy atom. The third-order valence-corrected chi connectivity index (χ3v) is 15.1. The maximum absolute atomic E-state index is 13.6. The average molecular weight is 1100 g/mol. The molecule has 0 aromatic rings. The first-order chi connectivity index (χ1) is 37.4. The van der Waals surface area contributed by atoms with Gasteiger partial charge in [0.1, 0.15) is 19.3 Å². The molecule has 0 fully saturated rings. The summed E-state index contributed by atoms with van der Waals surface area (Å²) in [5, 5.41) is 3.04. The zero-order valence-electron chi connectivity index (χ0n) is 51.2. The summed E-state index contributed by atoms with van der Waals surface area (Å²) in [6.45, 7) is 6.95.